The van der Waals surface area contributed by atoms with Gasteiger partial charge in [-0.15, -0.1) is 0 Å². The maximum Gasteiger partial charge on any atom is 0.286 e. The molecule has 0 aliphatic carbocycles. The zero-order valence-electron chi connectivity index (χ0n) is 13.6. The first-order valence-electron chi connectivity index (χ1n) is 7.62. The van der Waals surface area contributed by atoms with Crippen molar-refractivity contribution in [1.29, 1.82) is 0 Å². The van der Waals surface area contributed by atoms with E-state index in [1.54, 1.807) is 24.3 Å². The summed E-state index contributed by atoms with van der Waals surface area (Å²) >= 11 is 0. The third-order valence-electron chi connectivity index (χ3n) is 3.57. The van der Waals surface area contributed by atoms with Gasteiger partial charge < -0.3 is 5.32 Å². The van der Waals surface area contributed by atoms with E-state index in [2.05, 4.69) is 16.2 Å². The van der Waals surface area contributed by atoms with Gasteiger partial charge in [-0.05, 0) is 18.1 Å². The van der Waals surface area contributed by atoms with Crippen LogP contribution in [0.3, 0.4) is 0 Å². The van der Waals surface area contributed by atoms with Gasteiger partial charge in [0.05, 0.1) is 17.4 Å². The Kier molecular flexibility index (Phi) is 5.92. The van der Waals surface area contributed by atoms with E-state index in [-0.39, 0.29) is 23.6 Å². The van der Waals surface area contributed by atoms with Crippen LogP contribution in [0.2, 0.25) is 0 Å². The Morgan fingerprint density at radius 1 is 1.12 bits per heavy atom. The zero-order chi connectivity index (χ0) is 18.4. The lowest BCUT2D eigenvalue weighted by Crippen LogP contribution is -2.47. The molecule has 1 saturated heterocycles. The lowest BCUT2D eigenvalue weighted by molar-refractivity contribution is -0.129. The van der Waals surface area contributed by atoms with Crippen molar-refractivity contribution in [3.05, 3.63) is 41.6 Å². The number of rotatable bonds is 4. The maximum atomic E-state index is 12.2. The monoisotopic (exact) mass is 365 g/mol. The van der Waals surface area contributed by atoms with Crippen molar-refractivity contribution in [3.8, 4) is 0 Å². The maximum absolute atomic E-state index is 12.2. The lowest BCUT2D eigenvalue weighted by atomic mass is 10.1. The molecule has 9 heteroatoms. The normalized spacial score (nSPS) is 19.1. The highest BCUT2D eigenvalue weighted by molar-refractivity contribution is 7.91. The van der Waals surface area contributed by atoms with Crippen LogP contribution in [0.15, 0.2) is 36.0 Å². The van der Waals surface area contributed by atoms with Crippen LogP contribution in [0.25, 0.3) is 6.08 Å². The van der Waals surface area contributed by atoms with Gasteiger partial charge in [0.2, 0.25) is 11.8 Å². The molecule has 1 aromatic rings. The average Bonchev–Trinajstić information content (AvgIpc) is 2.92. The smallest absolute Gasteiger partial charge is 0.286 e. The molecule has 1 aliphatic heterocycles. The van der Waals surface area contributed by atoms with E-state index in [0.29, 0.717) is 5.56 Å². The fourth-order valence-electron chi connectivity index (χ4n) is 2.35. The summed E-state index contributed by atoms with van der Waals surface area (Å²) in [6, 6.07) is 8.86. The second-order valence-electron chi connectivity index (χ2n) is 5.69. The number of carbonyl (C=O) groups excluding carboxylic acids is 3. The molecule has 1 heterocycles. The Hall–Kier alpha value is -2.68. The highest BCUT2D eigenvalue weighted by atomic mass is 32.2. The highest BCUT2D eigenvalue weighted by Gasteiger charge is 2.33. The van der Waals surface area contributed by atoms with E-state index in [9.17, 15) is 22.8 Å². The molecule has 1 fully saturated rings. The molecule has 3 amide bonds. The first kappa shape index (κ1) is 18.7. The molecule has 0 saturated carbocycles. The van der Waals surface area contributed by atoms with Gasteiger partial charge in [-0.2, -0.15) is 0 Å². The van der Waals surface area contributed by atoms with Crippen molar-refractivity contribution in [3.63, 3.8) is 0 Å². The molecule has 25 heavy (non-hydrogen) atoms. The second kappa shape index (κ2) is 7.93. The van der Waals surface area contributed by atoms with E-state index in [1.807, 2.05) is 6.07 Å². The number of carbonyl (C=O) groups is 3. The van der Waals surface area contributed by atoms with Crippen LogP contribution in [0.5, 0.6) is 0 Å². The quantitative estimate of drug-likeness (QED) is 0.502. The number of benzene rings is 1. The molecule has 0 aromatic heterocycles. The molecule has 1 atom stereocenters. The van der Waals surface area contributed by atoms with E-state index in [0.717, 1.165) is 0 Å². The van der Waals surface area contributed by atoms with E-state index < -0.39 is 33.5 Å². The lowest BCUT2D eigenvalue weighted by Gasteiger charge is -2.13. The fraction of sp³-hybridized carbons (Fsp3) is 0.312. The minimum Gasteiger partial charge on any atom is -0.322 e. The third kappa shape index (κ3) is 5.71. The largest absolute Gasteiger partial charge is 0.322 e. The van der Waals surface area contributed by atoms with Gasteiger partial charge in [0, 0.05) is 6.92 Å². The van der Waals surface area contributed by atoms with Crippen molar-refractivity contribution in [2.75, 3.05) is 11.5 Å². The van der Waals surface area contributed by atoms with Crippen LogP contribution in [-0.2, 0) is 24.2 Å². The topological polar surface area (TPSA) is 121 Å². The van der Waals surface area contributed by atoms with Crippen LogP contribution in [0, 0.1) is 5.92 Å². The molecular weight excluding hydrogens is 346 g/mol. The van der Waals surface area contributed by atoms with Crippen molar-refractivity contribution >= 4 is 33.6 Å². The van der Waals surface area contributed by atoms with Crippen LogP contribution in [0.4, 0.5) is 0 Å². The fourth-order valence-corrected chi connectivity index (χ4v) is 4.09. The first-order valence-corrected chi connectivity index (χ1v) is 9.44. The van der Waals surface area contributed by atoms with Crippen LogP contribution >= 0.6 is 0 Å². The standard InChI is InChI=1S/C16H19N3O5S/c1-11(20)17-14(9-12-5-3-2-4-6-12)16(22)19-18-15(21)13-7-8-25(23,24)10-13/h2-6,9,13H,7-8,10H2,1H3,(H,17,20)(H,18,21)(H,19,22)/b14-9-/t13-/m1/s1. The van der Waals surface area contributed by atoms with E-state index in [1.165, 1.54) is 13.0 Å². The van der Waals surface area contributed by atoms with Gasteiger partial charge in [-0.25, -0.2) is 8.42 Å². The SMILES string of the molecule is CC(=O)N/C(=C\c1ccccc1)C(=O)NNC(=O)[C@@H]1CCS(=O)(=O)C1. The van der Waals surface area contributed by atoms with Gasteiger partial charge in [-0.3, -0.25) is 25.2 Å². The van der Waals surface area contributed by atoms with Gasteiger partial charge in [-0.1, -0.05) is 30.3 Å². The van der Waals surface area contributed by atoms with E-state index in [4.69, 9.17) is 0 Å². The minimum atomic E-state index is -3.19. The first-order chi connectivity index (χ1) is 11.8. The number of amides is 3. The van der Waals surface area contributed by atoms with Crippen molar-refractivity contribution in [1.82, 2.24) is 16.2 Å². The van der Waals surface area contributed by atoms with Crippen LogP contribution in [0.1, 0.15) is 18.9 Å². The van der Waals surface area contributed by atoms with Gasteiger partial charge in [0.25, 0.3) is 5.91 Å². The highest BCUT2D eigenvalue weighted by Crippen LogP contribution is 2.18. The summed E-state index contributed by atoms with van der Waals surface area (Å²) in [6.45, 7) is 1.26. The third-order valence-corrected chi connectivity index (χ3v) is 5.34. The Morgan fingerprint density at radius 2 is 1.80 bits per heavy atom. The number of nitrogens with one attached hydrogen (secondary N) is 3. The second-order valence-corrected chi connectivity index (χ2v) is 7.92. The predicted molar refractivity (Wildman–Crippen MR) is 91.3 cm³/mol. The Bertz CT molecular complexity index is 802. The number of hydrogen-bond acceptors (Lipinski definition) is 5. The summed E-state index contributed by atoms with van der Waals surface area (Å²) in [6.07, 6.45) is 1.69. The number of hydrazine groups is 1. The van der Waals surface area contributed by atoms with Crippen LogP contribution < -0.4 is 16.2 Å². The minimum absolute atomic E-state index is 0.0376. The molecule has 0 unspecified atom stereocenters. The van der Waals surface area contributed by atoms with Crippen LogP contribution in [-0.4, -0.2) is 37.6 Å². The summed E-state index contributed by atoms with van der Waals surface area (Å²) in [5.41, 5.74) is 5.05. The molecule has 2 rings (SSSR count). The summed E-state index contributed by atoms with van der Waals surface area (Å²) in [4.78, 5) is 35.4. The van der Waals surface area contributed by atoms with Crippen molar-refractivity contribution in [2.24, 2.45) is 5.92 Å². The molecule has 134 valence electrons. The Balaban J connectivity index is 2.01. The van der Waals surface area contributed by atoms with Gasteiger partial charge in [0.15, 0.2) is 9.84 Å². The number of sulfone groups is 1. The summed E-state index contributed by atoms with van der Waals surface area (Å²) in [7, 11) is -3.19. The molecule has 0 radical (unpaired) electrons. The molecule has 1 aliphatic rings. The Labute approximate surface area is 145 Å². The zero-order valence-corrected chi connectivity index (χ0v) is 14.4. The summed E-state index contributed by atoms with van der Waals surface area (Å²) in [5, 5.41) is 2.40. The molecular formula is C16H19N3O5S. The molecule has 1 aromatic carbocycles. The van der Waals surface area contributed by atoms with Gasteiger partial charge >= 0.3 is 0 Å². The van der Waals surface area contributed by atoms with Crippen molar-refractivity contribution in [2.45, 2.75) is 13.3 Å². The molecule has 0 bridgehead atoms. The molecule has 3 N–H and O–H groups in total. The molecule has 8 nitrogen and oxygen atoms in total. The average molecular weight is 365 g/mol. The van der Waals surface area contributed by atoms with E-state index >= 15 is 0 Å². The Morgan fingerprint density at radius 3 is 2.36 bits per heavy atom. The summed E-state index contributed by atoms with van der Waals surface area (Å²) in [5.74, 6) is -2.68. The molecule has 0 spiro atoms. The predicted octanol–water partition coefficient (Wildman–Crippen LogP) is -0.254. The summed E-state index contributed by atoms with van der Waals surface area (Å²) < 4.78 is 22.8. The van der Waals surface area contributed by atoms with Gasteiger partial charge in [0.1, 0.15) is 5.70 Å². The van der Waals surface area contributed by atoms with Crippen molar-refractivity contribution < 1.29 is 22.8 Å². The number of hydrogen-bond donors (Lipinski definition) is 3.